The van der Waals surface area contributed by atoms with Gasteiger partial charge >= 0.3 is 0 Å². The number of ether oxygens (including phenoxy) is 2. The maximum Gasteiger partial charge on any atom is 0.260 e. The quantitative estimate of drug-likeness (QED) is 0.0986. The Balaban J connectivity index is 1.76. The molecule has 1 amide bonds. The van der Waals surface area contributed by atoms with Gasteiger partial charge in [0, 0.05) is 41.4 Å². The monoisotopic (exact) mass is 591 g/mol. The summed E-state index contributed by atoms with van der Waals surface area (Å²) in [6.07, 6.45) is 17.4. The summed E-state index contributed by atoms with van der Waals surface area (Å²) < 4.78 is 10.9. The molecule has 0 spiro atoms. The fraction of sp³-hybridized carbons (Fsp3) is 0.583. The summed E-state index contributed by atoms with van der Waals surface area (Å²) in [4.78, 5) is 37.4. The number of rotatable bonds is 21. The number of hydrogen-bond donors (Lipinski definition) is 1. The topological polar surface area (TPSA) is 84.5 Å². The molecule has 7 heteroatoms. The molecule has 0 fully saturated rings. The molecule has 0 radical (unpaired) electrons. The van der Waals surface area contributed by atoms with Crippen molar-refractivity contribution in [3.05, 3.63) is 53.3 Å². The molecule has 1 atom stereocenters. The second-order valence-corrected chi connectivity index (χ2v) is 11.5. The number of fused-ring (bicyclic) bond motifs is 1. The van der Waals surface area contributed by atoms with Gasteiger partial charge in [0.1, 0.15) is 11.3 Å². The number of nitrogens with one attached hydrogen (secondary N) is 1. The number of H-pyrrole nitrogens is 1. The lowest BCUT2D eigenvalue weighted by atomic mass is 9.87. The molecule has 0 aliphatic heterocycles. The van der Waals surface area contributed by atoms with E-state index in [4.69, 9.17) is 9.47 Å². The van der Waals surface area contributed by atoms with Crippen LogP contribution in [0.2, 0.25) is 0 Å². The summed E-state index contributed by atoms with van der Waals surface area (Å²) in [5, 5.41) is 0.994. The molecule has 1 aromatic carbocycles. The molecule has 7 nitrogen and oxygen atoms in total. The van der Waals surface area contributed by atoms with Crippen molar-refractivity contribution in [1.29, 1.82) is 0 Å². The van der Waals surface area contributed by atoms with Crippen LogP contribution in [-0.4, -0.2) is 53.9 Å². The normalized spacial score (nSPS) is 11.9. The third-order valence-corrected chi connectivity index (χ3v) is 8.53. The largest absolute Gasteiger partial charge is 0.497 e. The maximum atomic E-state index is 14.4. The molecule has 0 saturated carbocycles. The predicted molar refractivity (Wildman–Crippen MR) is 176 cm³/mol. The van der Waals surface area contributed by atoms with E-state index in [1.54, 1.807) is 24.3 Å². The molecule has 0 saturated heterocycles. The molecule has 1 N–H and O–H groups in total. The van der Waals surface area contributed by atoms with E-state index < -0.39 is 5.92 Å². The van der Waals surface area contributed by atoms with E-state index >= 15 is 0 Å². The van der Waals surface area contributed by atoms with Gasteiger partial charge in [-0.2, -0.15) is 0 Å². The number of benzene rings is 1. The van der Waals surface area contributed by atoms with Gasteiger partial charge in [0.2, 0.25) is 5.88 Å². The Morgan fingerprint density at radius 1 is 0.814 bits per heavy atom. The number of methoxy groups -OCH3 is 2. The lowest BCUT2D eigenvalue weighted by molar-refractivity contribution is 0.0761. The Morgan fingerprint density at radius 2 is 1.44 bits per heavy atom. The molecule has 2 heterocycles. The maximum absolute atomic E-state index is 14.4. The van der Waals surface area contributed by atoms with Gasteiger partial charge in [-0.3, -0.25) is 9.59 Å². The Hall–Kier alpha value is -3.35. The summed E-state index contributed by atoms with van der Waals surface area (Å²) >= 11 is 0. The number of hydrogen-bond acceptors (Lipinski definition) is 5. The number of unbranched alkanes of at least 4 members (excludes halogenated alkanes) is 11. The molecule has 3 aromatic rings. The zero-order valence-corrected chi connectivity index (χ0v) is 27.2. The number of carbonyl (C=O) groups excluding carboxylic acids is 2. The van der Waals surface area contributed by atoms with Crippen molar-refractivity contribution < 1.29 is 19.1 Å². The van der Waals surface area contributed by atoms with Crippen LogP contribution in [-0.2, 0) is 0 Å². The van der Waals surface area contributed by atoms with Gasteiger partial charge in [-0.1, -0.05) is 84.0 Å². The van der Waals surface area contributed by atoms with Crippen LogP contribution >= 0.6 is 0 Å². The molecule has 236 valence electrons. The molecule has 0 aliphatic carbocycles. The summed E-state index contributed by atoms with van der Waals surface area (Å²) in [6, 6.07) is 9.59. The number of pyridine rings is 1. The van der Waals surface area contributed by atoms with Crippen LogP contribution in [0.25, 0.3) is 10.9 Å². The SMILES string of the molecule is CCCCCCCCCCCCCCC(C(=O)c1ccnc(OC)c1C(=O)N(CC)CC)c1cc2cc(OC)ccc2[nH]1. The van der Waals surface area contributed by atoms with E-state index in [0.29, 0.717) is 25.1 Å². The smallest absolute Gasteiger partial charge is 0.260 e. The third-order valence-electron chi connectivity index (χ3n) is 8.53. The van der Waals surface area contributed by atoms with Crippen molar-refractivity contribution in [3.8, 4) is 11.6 Å². The van der Waals surface area contributed by atoms with Gasteiger partial charge in [0.15, 0.2) is 5.78 Å². The van der Waals surface area contributed by atoms with E-state index in [1.165, 1.54) is 71.3 Å². The fourth-order valence-corrected chi connectivity index (χ4v) is 5.93. The summed E-state index contributed by atoms with van der Waals surface area (Å²) in [6.45, 7) is 7.19. The second kappa shape index (κ2) is 18.3. The molecule has 43 heavy (non-hydrogen) atoms. The Kier molecular flexibility index (Phi) is 14.6. The molecule has 2 aromatic heterocycles. The standard InChI is InChI=1S/C36H53N3O4/c1-6-9-10-11-12-13-14-15-16-17-18-19-20-29(32-26-27-25-28(42-4)21-22-31(27)38-32)34(40)30-23-24-37-35(43-5)33(30)36(41)39(7-2)8-3/h21-26,29,38H,6-20H2,1-5H3. The third kappa shape index (κ3) is 9.57. The van der Waals surface area contributed by atoms with Crippen LogP contribution in [0.5, 0.6) is 11.6 Å². The summed E-state index contributed by atoms with van der Waals surface area (Å²) in [5.41, 5.74) is 2.42. The van der Waals surface area contributed by atoms with Crippen molar-refractivity contribution in [2.45, 2.75) is 110 Å². The number of aromatic nitrogens is 2. The first kappa shape index (κ1) is 34.1. The van der Waals surface area contributed by atoms with Gasteiger partial charge in [-0.05, 0) is 50.6 Å². The van der Waals surface area contributed by atoms with E-state index in [9.17, 15) is 9.59 Å². The number of carbonyl (C=O) groups is 2. The number of amides is 1. The van der Waals surface area contributed by atoms with Gasteiger partial charge in [0.05, 0.1) is 20.1 Å². The van der Waals surface area contributed by atoms with Crippen molar-refractivity contribution in [2.24, 2.45) is 0 Å². The second-order valence-electron chi connectivity index (χ2n) is 11.5. The number of nitrogens with zero attached hydrogens (tertiary/aromatic N) is 2. The van der Waals surface area contributed by atoms with Gasteiger partial charge in [0.25, 0.3) is 5.91 Å². The summed E-state index contributed by atoms with van der Waals surface area (Å²) in [5.74, 6) is 0.222. The van der Waals surface area contributed by atoms with E-state index in [2.05, 4.69) is 16.9 Å². The highest BCUT2D eigenvalue weighted by Gasteiger charge is 2.31. The predicted octanol–water partition coefficient (Wildman–Crippen LogP) is 9.12. The fourth-order valence-electron chi connectivity index (χ4n) is 5.93. The molecule has 3 rings (SSSR count). The van der Waals surface area contributed by atoms with Crippen LogP contribution in [0.15, 0.2) is 36.5 Å². The van der Waals surface area contributed by atoms with Crippen LogP contribution in [0, 0.1) is 0 Å². The highest BCUT2D eigenvalue weighted by Crippen LogP contribution is 2.33. The zero-order valence-electron chi connectivity index (χ0n) is 27.2. The summed E-state index contributed by atoms with van der Waals surface area (Å²) in [7, 11) is 3.14. The average molecular weight is 592 g/mol. The Bertz CT molecular complexity index is 1280. The molecular formula is C36H53N3O4. The van der Waals surface area contributed by atoms with E-state index in [0.717, 1.165) is 35.2 Å². The number of Topliss-reactive ketones (excluding diaryl/α,β-unsaturated/α-hetero) is 1. The van der Waals surface area contributed by atoms with Gasteiger partial charge < -0.3 is 19.4 Å². The molecule has 0 bridgehead atoms. The molecule has 1 unspecified atom stereocenters. The van der Waals surface area contributed by atoms with Crippen molar-refractivity contribution in [3.63, 3.8) is 0 Å². The Labute approximate surface area is 258 Å². The lowest BCUT2D eigenvalue weighted by Crippen LogP contribution is -2.32. The first-order valence-electron chi connectivity index (χ1n) is 16.5. The average Bonchev–Trinajstić information content (AvgIpc) is 3.46. The number of aromatic amines is 1. The van der Waals surface area contributed by atoms with Crippen molar-refractivity contribution >= 4 is 22.6 Å². The zero-order chi connectivity index (χ0) is 31.0. The minimum Gasteiger partial charge on any atom is -0.497 e. The van der Waals surface area contributed by atoms with E-state index in [1.807, 2.05) is 38.1 Å². The van der Waals surface area contributed by atoms with Crippen molar-refractivity contribution in [1.82, 2.24) is 14.9 Å². The number of ketones is 1. The van der Waals surface area contributed by atoms with Crippen LogP contribution in [0.1, 0.15) is 137 Å². The highest BCUT2D eigenvalue weighted by atomic mass is 16.5. The lowest BCUT2D eigenvalue weighted by Gasteiger charge is -2.22. The minimum absolute atomic E-state index is 0.0854. The van der Waals surface area contributed by atoms with Crippen LogP contribution in [0.3, 0.4) is 0 Å². The first-order valence-corrected chi connectivity index (χ1v) is 16.5. The van der Waals surface area contributed by atoms with Gasteiger partial charge in [-0.15, -0.1) is 0 Å². The Morgan fingerprint density at radius 3 is 2.02 bits per heavy atom. The highest BCUT2D eigenvalue weighted by molar-refractivity contribution is 6.11. The molecular weight excluding hydrogens is 538 g/mol. The first-order chi connectivity index (χ1) is 21.0. The van der Waals surface area contributed by atoms with Gasteiger partial charge in [-0.25, -0.2) is 4.98 Å². The van der Waals surface area contributed by atoms with E-state index in [-0.39, 0.29) is 23.1 Å². The van der Waals surface area contributed by atoms with Crippen molar-refractivity contribution in [2.75, 3.05) is 27.3 Å². The molecule has 0 aliphatic rings. The minimum atomic E-state index is -0.420. The van der Waals surface area contributed by atoms with Crippen LogP contribution < -0.4 is 9.47 Å². The van der Waals surface area contributed by atoms with Crippen LogP contribution in [0.4, 0.5) is 0 Å².